The van der Waals surface area contributed by atoms with E-state index in [-0.39, 0.29) is 11.9 Å². The van der Waals surface area contributed by atoms with E-state index < -0.39 is 10.0 Å². The molecule has 0 aromatic rings. The van der Waals surface area contributed by atoms with E-state index in [4.69, 9.17) is 5.73 Å². The summed E-state index contributed by atoms with van der Waals surface area (Å²) in [5.41, 5.74) is 5.53. The Morgan fingerprint density at radius 2 is 2.21 bits per heavy atom. The first-order valence-electron chi connectivity index (χ1n) is 6.77. The monoisotopic (exact) mass is 291 g/mol. The van der Waals surface area contributed by atoms with Gasteiger partial charge in [-0.2, -0.15) is 0 Å². The molecule has 1 aliphatic rings. The van der Waals surface area contributed by atoms with E-state index in [0.29, 0.717) is 25.4 Å². The fraction of sp³-hybridized carbons (Fsp3) is 0.917. The predicted octanol–water partition coefficient (Wildman–Crippen LogP) is -0.0984. The highest BCUT2D eigenvalue weighted by atomic mass is 32.2. The van der Waals surface area contributed by atoms with Crippen molar-refractivity contribution in [3.05, 3.63) is 0 Å². The van der Waals surface area contributed by atoms with Crippen LogP contribution in [0.1, 0.15) is 32.6 Å². The van der Waals surface area contributed by atoms with Crippen molar-refractivity contribution in [2.45, 2.75) is 38.6 Å². The summed E-state index contributed by atoms with van der Waals surface area (Å²) in [7, 11) is -3.21. The number of piperidine rings is 1. The lowest BCUT2D eigenvalue weighted by molar-refractivity contribution is -0.132. The molecule has 1 amide bonds. The molecule has 3 N–H and O–H groups in total. The average Bonchev–Trinajstić information content (AvgIpc) is 2.33. The summed E-state index contributed by atoms with van der Waals surface area (Å²) in [5.74, 6) is 0.444. The largest absolute Gasteiger partial charge is 0.341 e. The molecule has 2 atom stereocenters. The van der Waals surface area contributed by atoms with Crippen LogP contribution in [0.15, 0.2) is 0 Å². The Hall–Kier alpha value is -0.660. The Kier molecular flexibility index (Phi) is 6.22. The summed E-state index contributed by atoms with van der Waals surface area (Å²) in [5, 5.41) is 0. The molecule has 1 rings (SSSR count). The second kappa shape index (κ2) is 7.21. The molecule has 0 spiro atoms. The molecular formula is C12H25N3O3S. The Morgan fingerprint density at radius 3 is 2.79 bits per heavy atom. The summed E-state index contributed by atoms with van der Waals surface area (Å²) in [6, 6.07) is -0.153. The van der Waals surface area contributed by atoms with Gasteiger partial charge in [0.2, 0.25) is 15.9 Å². The molecule has 6 nitrogen and oxygen atoms in total. The van der Waals surface area contributed by atoms with Gasteiger partial charge in [0, 0.05) is 25.6 Å². The summed E-state index contributed by atoms with van der Waals surface area (Å²) < 4.78 is 25.0. The summed E-state index contributed by atoms with van der Waals surface area (Å²) in [6.45, 7) is 3.81. The van der Waals surface area contributed by atoms with Gasteiger partial charge in [0.1, 0.15) is 0 Å². The highest BCUT2D eigenvalue weighted by Gasteiger charge is 2.25. The number of amides is 1. The number of hydrogen-bond donors (Lipinski definition) is 2. The van der Waals surface area contributed by atoms with Crippen LogP contribution < -0.4 is 10.5 Å². The molecule has 0 radical (unpaired) electrons. The molecule has 0 aromatic heterocycles. The molecule has 0 aromatic carbocycles. The summed E-state index contributed by atoms with van der Waals surface area (Å²) in [6.07, 6.45) is 4.05. The Balaban J connectivity index is 2.43. The molecule has 1 aliphatic heterocycles. The van der Waals surface area contributed by atoms with E-state index in [2.05, 4.69) is 4.72 Å². The van der Waals surface area contributed by atoms with E-state index in [9.17, 15) is 13.2 Å². The first-order chi connectivity index (χ1) is 8.81. The maximum absolute atomic E-state index is 12.0. The van der Waals surface area contributed by atoms with Gasteiger partial charge in [-0.05, 0) is 31.7 Å². The molecule has 1 fully saturated rings. The fourth-order valence-corrected chi connectivity index (χ4v) is 3.05. The average molecular weight is 291 g/mol. The highest BCUT2D eigenvalue weighted by molar-refractivity contribution is 7.88. The fourth-order valence-electron chi connectivity index (χ4n) is 2.25. The summed E-state index contributed by atoms with van der Waals surface area (Å²) >= 11 is 0. The van der Waals surface area contributed by atoms with Gasteiger partial charge in [-0.1, -0.05) is 6.92 Å². The van der Waals surface area contributed by atoms with Crippen LogP contribution in [-0.2, 0) is 14.8 Å². The lowest BCUT2D eigenvalue weighted by Gasteiger charge is -2.33. The quantitative estimate of drug-likeness (QED) is 0.715. The minimum Gasteiger partial charge on any atom is -0.341 e. The van der Waals surface area contributed by atoms with E-state index >= 15 is 0 Å². The van der Waals surface area contributed by atoms with Gasteiger partial charge in [0.05, 0.1) is 6.26 Å². The predicted molar refractivity (Wildman–Crippen MR) is 75.0 cm³/mol. The maximum Gasteiger partial charge on any atom is 0.222 e. The van der Waals surface area contributed by atoms with Crippen LogP contribution in [0, 0.1) is 5.92 Å². The molecule has 0 aliphatic carbocycles. The zero-order chi connectivity index (χ0) is 14.5. The lowest BCUT2D eigenvalue weighted by atomic mass is 10.0. The van der Waals surface area contributed by atoms with Crippen LogP contribution in [0.3, 0.4) is 0 Å². The molecule has 0 bridgehead atoms. The van der Waals surface area contributed by atoms with Crippen molar-refractivity contribution in [3.8, 4) is 0 Å². The normalized spacial score (nSPS) is 22.3. The van der Waals surface area contributed by atoms with Crippen molar-refractivity contribution in [2.24, 2.45) is 11.7 Å². The number of nitrogens with zero attached hydrogens (tertiary/aromatic N) is 1. The molecule has 19 heavy (non-hydrogen) atoms. The number of nitrogens with two attached hydrogens (primary N) is 1. The van der Waals surface area contributed by atoms with Gasteiger partial charge < -0.3 is 10.6 Å². The minimum absolute atomic E-state index is 0.0975. The second-order valence-electron chi connectivity index (χ2n) is 5.45. The molecular weight excluding hydrogens is 266 g/mol. The van der Waals surface area contributed by atoms with Crippen LogP contribution in [0.2, 0.25) is 0 Å². The van der Waals surface area contributed by atoms with Gasteiger partial charge in [-0.3, -0.25) is 4.79 Å². The van der Waals surface area contributed by atoms with E-state index in [1.54, 1.807) is 4.90 Å². The third-order valence-corrected chi connectivity index (χ3v) is 4.17. The molecule has 1 heterocycles. The molecule has 112 valence electrons. The number of likely N-dealkylation sites (tertiary alicyclic amines) is 1. The smallest absolute Gasteiger partial charge is 0.222 e. The first-order valence-corrected chi connectivity index (χ1v) is 8.66. The Bertz CT molecular complexity index is 397. The molecule has 2 unspecified atom stereocenters. The van der Waals surface area contributed by atoms with E-state index in [1.807, 2.05) is 6.92 Å². The second-order valence-corrected chi connectivity index (χ2v) is 7.23. The van der Waals surface area contributed by atoms with Gasteiger partial charge in [-0.15, -0.1) is 0 Å². The van der Waals surface area contributed by atoms with Crippen molar-refractivity contribution in [3.63, 3.8) is 0 Å². The third-order valence-electron chi connectivity index (χ3n) is 3.41. The zero-order valence-corrected chi connectivity index (χ0v) is 12.6. The zero-order valence-electron chi connectivity index (χ0n) is 11.8. The molecule has 1 saturated heterocycles. The van der Waals surface area contributed by atoms with Gasteiger partial charge in [-0.25, -0.2) is 13.1 Å². The number of nitrogens with one attached hydrogen (secondary N) is 1. The summed E-state index contributed by atoms with van der Waals surface area (Å²) in [4.78, 5) is 13.8. The van der Waals surface area contributed by atoms with Crippen molar-refractivity contribution >= 4 is 15.9 Å². The van der Waals surface area contributed by atoms with Crippen LogP contribution in [-0.4, -0.2) is 51.2 Å². The maximum atomic E-state index is 12.0. The van der Waals surface area contributed by atoms with Crippen LogP contribution in [0.5, 0.6) is 0 Å². The Morgan fingerprint density at radius 1 is 1.53 bits per heavy atom. The van der Waals surface area contributed by atoms with Crippen molar-refractivity contribution in [1.82, 2.24) is 9.62 Å². The number of rotatable bonds is 6. The van der Waals surface area contributed by atoms with Crippen LogP contribution >= 0.6 is 0 Å². The third kappa shape index (κ3) is 6.35. The lowest BCUT2D eigenvalue weighted by Crippen LogP contribution is -2.49. The van der Waals surface area contributed by atoms with Crippen LogP contribution in [0.4, 0.5) is 0 Å². The number of sulfonamides is 1. The number of carbonyl (C=O) groups excluding carboxylic acids is 1. The van der Waals surface area contributed by atoms with E-state index in [0.717, 1.165) is 32.1 Å². The van der Waals surface area contributed by atoms with Crippen molar-refractivity contribution in [2.75, 3.05) is 25.9 Å². The number of carbonyl (C=O) groups is 1. The van der Waals surface area contributed by atoms with Crippen molar-refractivity contribution in [1.29, 1.82) is 0 Å². The van der Waals surface area contributed by atoms with E-state index in [1.165, 1.54) is 0 Å². The molecule has 7 heteroatoms. The topological polar surface area (TPSA) is 92.5 Å². The highest BCUT2D eigenvalue weighted by Crippen LogP contribution is 2.14. The van der Waals surface area contributed by atoms with Crippen molar-refractivity contribution < 1.29 is 13.2 Å². The van der Waals surface area contributed by atoms with Gasteiger partial charge in [0.25, 0.3) is 0 Å². The number of hydrogen-bond acceptors (Lipinski definition) is 4. The first kappa shape index (κ1) is 16.4. The van der Waals surface area contributed by atoms with Crippen LogP contribution in [0.25, 0.3) is 0 Å². The van der Waals surface area contributed by atoms with Gasteiger partial charge >= 0.3 is 0 Å². The SMILES string of the molecule is CC(CN)CCC(=O)N1CCCC(NS(C)(=O)=O)C1. The standard InChI is InChI=1S/C12H25N3O3S/c1-10(8-13)5-6-12(16)15-7-3-4-11(9-15)14-19(2,17)18/h10-11,14H,3-9,13H2,1-2H3. The Labute approximate surface area is 115 Å². The minimum atomic E-state index is -3.21. The van der Waals surface area contributed by atoms with Gasteiger partial charge in [0.15, 0.2) is 0 Å². The molecule has 0 saturated carbocycles.